The van der Waals surface area contributed by atoms with E-state index in [-0.39, 0.29) is 18.1 Å². The molecule has 1 N–H and O–H groups in total. The van der Waals surface area contributed by atoms with Crippen molar-refractivity contribution >= 4 is 49.9 Å². The molecular weight excluding hydrogens is 524 g/mol. The van der Waals surface area contributed by atoms with Crippen LogP contribution in [-0.2, 0) is 17.9 Å². The van der Waals surface area contributed by atoms with Gasteiger partial charge in [-0.2, -0.15) is 0 Å². The predicted octanol–water partition coefficient (Wildman–Crippen LogP) is 5.88. The van der Waals surface area contributed by atoms with Crippen molar-refractivity contribution in [2.45, 2.75) is 13.2 Å². The van der Waals surface area contributed by atoms with Gasteiger partial charge in [0.1, 0.15) is 18.1 Å². The second-order valence-electron chi connectivity index (χ2n) is 6.97. The smallest absolute Gasteiger partial charge is 0.329 e. The molecule has 0 unspecified atom stereocenters. The van der Waals surface area contributed by atoms with E-state index in [0.717, 1.165) is 25.6 Å². The van der Waals surface area contributed by atoms with Gasteiger partial charge < -0.3 is 10.1 Å². The number of amides is 3. The van der Waals surface area contributed by atoms with Gasteiger partial charge in [0, 0.05) is 4.47 Å². The first-order chi connectivity index (χ1) is 15.0. The molecule has 0 aliphatic carbocycles. The first kappa shape index (κ1) is 21.3. The summed E-state index contributed by atoms with van der Waals surface area (Å²) in [6, 6.07) is 22.4. The molecule has 0 radical (unpaired) electrons. The molecule has 0 atom stereocenters. The number of benzene rings is 3. The van der Waals surface area contributed by atoms with E-state index in [1.807, 2.05) is 72.8 Å². The maximum atomic E-state index is 12.7. The quantitative estimate of drug-likeness (QED) is 0.313. The molecule has 31 heavy (non-hydrogen) atoms. The van der Waals surface area contributed by atoms with Gasteiger partial charge in [0.2, 0.25) is 0 Å². The second kappa shape index (κ2) is 9.49. The summed E-state index contributed by atoms with van der Waals surface area (Å²) in [5.74, 6) is 0.345. The number of carbonyl (C=O) groups is 2. The van der Waals surface area contributed by atoms with Crippen molar-refractivity contribution in [3.63, 3.8) is 0 Å². The van der Waals surface area contributed by atoms with E-state index in [9.17, 15) is 9.59 Å². The van der Waals surface area contributed by atoms with Crippen LogP contribution in [0.5, 0.6) is 5.75 Å². The Morgan fingerprint density at radius 3 is 2.35 bits per heavy atom. The van der Waals surface area contributed by atoms with Crippen LogP contribution in [0.4, 0.5) is 4.79 Å². The Bertz CT molecular complexity index is 1150. The molecule has 1 aliphatic rings. The van der Waals surface area contributed by atoms with Crippen molar-refractivity contribution in [1.29, 1.82) is 0 Å². The lowest BCUT2D eigenvalue weighted by molar-refractivity contribution is -0.123. The number of carbonyl (C=O) groups excluding carboxylic acids is 2. The minimum atomic E-state index is -0.423. The largest absolute Gasteiger partial charge is 0.488 e. The Balaban J connectivity index is 1.44. The van der Waals surface area contributed by atoms with Crippen molar-refractivity contribution in [2.24, 2.45) is 0 Å². The number of nitrogens with zero attached hydrogens (tertiary/aromatic N) is 1. The van der Waals surface area contributed by atoms with Gasteiger partial charge in [-0.15, -0.1) is 0 Å². The zero-order valence-corrected chi connectivity index (χ0v) is 19.5. The Labute approximate surface area is 197 Å². The van der Waals surface area contributed by atoms with Gasteiger partial charge in [0.05, 0.1) is 11.0 Å². The Morgan fingerprint density at radius 2 is 1.65 bits per heavy atom. The van der Waals surface area contributed by atoms with E-state index < -0.39 is 6.03 Å². The summed E-state index contributed by atoms with van der Waals surface area (Å²) >= 11 is 6.94. The highest BCUT2D eigenvalue weighted by Gasteiger charge is 2.33. The summed E-state index contributed by atoms with van der Waals surface area (Å²) in [5, 5.41) is 2.66. The summed E-state index contributed by atoms with van der Waals surface area (Å²) in [7, 11) is 0. The predicted molar refractivity (Wildman–Crippen MR) is 126 cm³/mol. The Hall–Kier alpha value is -2.90. The lowest BCUT2D eigenvalue weighted by atomic mass is 10.1. The second-order valence-corrected chi connectivity index (χ2v) is 8.74. The van der Waals surface area contributed by atoms with Gasteiger partial charge in [0.25, 0.3) is 5.91 Å². The molecular formula is C24H18Br2N2O3. The van der Waals surface area contributed by atoms with Crippen molar-refractivity contribution in [1.82, 2.24) is 10.2 Å². The summed E-state index contributed by atoms with van der Waals surface area (Å²) in [4.78, 5) is 26.2. The molecule has 1 saturated heterocycles. The highest BCUT2D eigenvalue weighted by atomic mass is 79.9. The van der Waals surface area contributed by atoms with E-state index >= 15 is 0 Å². The number of rotatable bonds is 6. The van der Waals surface area contributed by atoms with Gasteiger partial charge in [-0.1, -0.05) is 64.5 Å². The maximum absolute atomic E-state index is 12.7. The number of halogens is 2. The molecule has 5 nitrogen and oxygen atoms in total. The van der Waals surface area contributed by atoms with Gasteiger partial charge in [-0.25, -0.2) is 4.79 Å². The normalized spacial score (nSPS) is 14.8. The fourth-order valence-electron chi connectivity index (χ4n) is 3.11. The van der Waals surface area contributed by atoms with Crippen LogP contribution >= 0.6 is 31.9 Å². The van der Waals surface area contributed by atoms with Gasteiger partial charge >= 0.3 is 6.03 Å². The van der Waals surface area contributed by atoms with E-state index in [0.29, 0.717) is 12.4 Å². The third-order valence-electron chi connectivity index (χ3n) is 4.72. The first-order valence-electron chi connectivity index (χ1n) is 9.55. The lowest BCUT2D eigenvalue weighted by Crippen LogP contribution is -2.30. The molecule has 3 aromatic rings. The Morgan fingerprint density at radius 1 is 0.903 bits per heavy atom. The number of nitrogens with one attached hydrogen (secondary N) is 1. The molecule has 0 saturated carbocycles. The summed E-state index contributed by atoms with van der Waals surface area (Å²) in [5.41, 5.74) is 2.96. The highest BCUT2D eigenvalue weighted by Crippen LogP contribution is 2.28. The molecule has 0 bridgehead atoms. The summed E-state index contributed by atoms with van der Waals surface area (Å²) < 4.78 is 7.66. The number of imide groups is 1. The average molecular weight is 542 g/mol. The number of hydrogen-bond acceptors (Lipinski definition) is 3. The molecule has 4 rings (SSSR count). The van der Waals surface area contributed by atoms with E-state index in [4.69, 9.17) is 4.74 Å². The van der Waals surface area contributed by atoms with Crippen molar-refractivity contribution in [3.05, 3.63) is 104 Å². The van der Waals surface area contributed by atoms with Crippen LogP contribution in [0.1, 0.15) is 16.7 Å². The Kier molecular flexibility index (Phi) is 6.53. The molecule has 3 amide bonds. The van der Waals surface area contributed by atoms with Crippen LogP contribution in [0.3, 0.4) is 0 Å². The third kappa shape index (κ3) is 5.24. The standard InChI is InChI=1S/C24H18Br2N2O3/c25-19-9-6-17(7-10-19)15-31-22-11-8-18(12-20(22)26)13-21-23(29)28(24(30)27-21)14-16-4-2-1-3-5-16/h1-13H,14-15H2,(H,27,30)/b21-13+. The number of ether oxygens (including phenoxy) is 1. The number of hydrogen-bond donors (Lipinski definition) is 1. The zero-order valence-electron chi connectivity index (χ0n) is 16.3. The topological polar surface area (TPSA) is 58.6 Å². The molecule has 0 aromatic heterocycles. The first-order valence-corrected chi connectivity index (χ1v) is 11.1. The molecule has 1 fully saturated rings. The lowest BCUT2D eigenvalue weighted by Gasteiger charge is -2.11. The molecule has 0 spiro atoms. The minimum Gasteiger partial charge on any atom is -0.488 e. The van der Waals surface area contributed by atoms with Gasteiger partial charge in [0.15, 0.2) is 0 Å². The van der Waals surface area contributed by atoms with Crippen molar-refractivity contribution < 1.29 is 14.3 Å². The molecule has 1 heterocycles. The summed E-state index contributed by atoms with van der Waals surface area (Å²) in [6.07, 6.45) is 1.66. The fourth-order valence-corrected chi connectivity index (χ4v) is 3.89. The fraction of sp³-hybridized carbons (Fsp3) is 0.0833. The molecule has 1 aliphatic heterocycles. The molecule has 3 aromatic carbocycles. The monoisotopic (exact) mass is 540 g/mol. The molecule has 7 heteroatoms. The van der Waals surface area contributed by atoms with Crippen LogP contribution in [0.2, 0.25) is 0 Å². The van der Waals surface area contributed by atoms with Crippen LogP contribution < -0.4 is 10.1 Å². The van der Waals surface area contributed by atoms with Crippen molar-refractivity contribution in [2.75, 3.05) is 0 Å². The van der Waals surface area contributed by atoms with Crippen LogP contribution in [0.25, 0.3) is 6.08 Å². The highest BCUT2D eigenvalue weighted by molar-refractivity contribution is 9.10. The van der Waals surface area contributed by atoms with Crippen LogP contribution in [-0.4, -0.2) is 16.8 Å². The van der Waals surface area contributed by atoms with E-state index in [2.05, 4.69) is 37.2 Å². The average Bonchev–Trinajstić information content (AvgIpc) is 3.02. The zero-order chi connectivity index (χ0) is 21.8. The van der Waals surface area contributed by atoms with Crippen LogP contribution in [0, 0.1) is 0 Å². The van der Waals surface area contributed by atoms with Gasteiger partial charge in [-0.05, 0) is 63.0 Å². The third-order valence-corrected chi connectivity index (χ3v) is 5.87. The maximum Gasteiger partial charge on any atom is 0.329 e. The number of urea groups is 1. The summed E-state index contributed by atoms with van der Waals surface area (Å²) in [6.45, 7) is 0.671. The van der Waals surface area contributed by atoms with E-state index in [1.54, 1.807) is 6.08 Å². The van der Waals surface area contributed by atoms with Gasteiger partial charge in [-0.3, -0.25) is 9.69 Å². The SMILES string of the molecule is O=C1N/C(=C/c2ccc(OCc3ccc(Br)cc3)c(Br)c2)C(=O)N1Cc1ccccc1. The minimum absolute atomic E-state index is 0.232. The van der Waals surface area contributed by atoms with Crippen molar-refractivity contribution in [3.8, 4) is 5.75 Å². The molecule has 156 valence electrons. The van der Waals surface area contributed by atoms with E-state index in [1.165, 1.54) is 4.90 Å². The van der Waals surface area contributed by atoms with Crippen LogP contribution in [0.15, 0.2) is 87.4 Å².